The molecule has 0 fully saturated rings. The van der Waals surface area contributed by atoms with Gasteiger partial charge in [0.1, 0.15) is 5.75 Å². The molecule has 0 atom stereocenters. The Morgan fingerprint density at radius 3 is 2.06 bits per heavy atom. The molecular formula is C25H41O5P-2. The van der Waals surface area contributed by atoms with E-state index >= 15 is 0 Å². The van der Waals surface area contributed by atoms with E-state index < -0.39 is 8.60 Å². The van der Waals surface area contributed by atoms with Crippen molar-refractivity contribution in [2.24, 2.45) is 0 Å². The van der Waals surface area contributed by atoms with Gasteiger partial charge in [-0.05, 0) is 35.4 Å². The highest BCUT2D eigenvalue weighted by atomic mass is 31.2. The van der Waals surface area contributed by atoms with Crippen molar-refractivity contribution in [2.45, 2.75) is 110 Å². The van der Waals surface area contributed by atoms with Crippen LogP contribution in [0.25, 0.3) is 0 Å². The van der Waals surface area contributed by atoms with Crippen molar-refractivity contribution < 1.29 is 23.8 Å². The van der Waals surface area contributed by atoms with Crippen LogP contribution in [0, 0.1) is 0 Å². The van der Waals surface area contributed by atoms with Crippen LogP contribution in [0.1, 0.15) is 109 Å². The monoisotopic (exact) mass is 452 g/mol. The van der Waals surface area contributed by atoms with E-state index in [0.29, 0.717) is 25.2 Å². The molecule has 1 rings (SSSR count). The van der Waals surface area contributed by atoms with Gasteiger partial charge in [-0.2, -0.15) is 0 Å². The number of hydrogen-bond donors (Lipinski definition) is 0. The van der Waals surface area contributed by atoms with Crippen molar-refractivity contribution in [3.8, 4) is 5.75 Å². The maximum atomic E-state index is 12.0. The van der Waals surface area contributed by atoms with E-state index in [0.717, 1.165) is 24.0 Å². The van der Waals surface area contributed by atoms with Crippen LogP contribution >= 0.6 is 8.60 Å². The zero-order valence-corrected chi connectivity index (χ0v) is 20.8. The number of ether oxygens (including phenoxy) is 1. The predicted octanol–water partition coefficient (Wildman–Crippen LogP) is 5.71. The molecule has 0 radical (unpaired) electrons. The molecule has 0 amide bonds. The highest BCUT2D eigenvalue weighted by Crippen LogP contribution is 2.36. The Bertz CT molecular complexity index is 625. The summed E-state index contributed by atoms with van der Waals surface area (Å²) < 4.78 is 10.3. The minimum absolute atomic E-state index is 0.184. The molecule has 0 aliphatic carbocycles. The number of unbranched alkanes of at least 4 members (excludes halogenated alkanes) is 9. The van der Waals surface area contributed by atoms with Crippen LogP contribution in [-0.4, -0.2) is 12.6 Å². The van der Waals surface area contributed by atoms with E-state index in [2.05, 4.69) is 6.92 Å². The summed E-state index contributed by atoms with van der Waals surface area (Å²) >= 11 is 0. The van der Waals surface area contributed by atoms with Gasteiger partial charge in [0, 0.05) is 6.42 Å². The second-order valence-corrected chi connectivity index (χ2v) is 9.93. The van der Waals surface area contributed by atoms with Gasteiger partial charge >= 0.3 is 5.97 Å². The van der Waals surface area contributed by atoms with Gasteiger partial charge in [-0.3, -0.25) is 4.79 Å². The minimum Gasteiger partial charge on any atom is -0.810 e. The largest absolute Gasteiger partial charge is 0.810 e. The lowest BCUT2D eigenvalue weighted by molar-refractivity contribution is -0.310. The van der Waals surface area contributed by atoms with Crippen molar-refractivity contribution in [3.63, 3.8) is 0 Å². The van der Waals surface area contributed by atoms with E-state index in [1.165, 1.54) is 51.4 Å². The van der Waals surface area contributed by atoms with Gasteiger partial charge in [0.2, 0.25) is 0 Å². The topological polar surface area (TPSA) is 81.7 Å². The van der Waals surface area contributed by atoms with Crippen LogP contribution in [0.15, 0.2) is 18.2 Å². The SMILES string of the molecule is CCCCCCCCCCCCOC(=O)CCc1ccc(OP([O-])[O-])c(C(C)(C)C)c1. The lowest BCUT2D eigenvalue weighted by Gasteiger charge is -2.33. The molecule has 0 aromatic heterocycles. The quantitative estimate of drug-likeness (QED) is 0.182. The number of carbonyl (C=O) groups is 1. The molecule has 0 bridgehead atoms. The Morgan fingerprint density at radius 2 is 1.52 bits per heavy atom. The van der Waals surface area contributed by atoms with Crippen molar-refractivity contribution in [1.82, 2.24) is 0 Å². The van der Waals surface area contributed by atoms with Crippen LogP contribution in [0.5, 0.6) is 5.75 Å². The third kappa shape index (κ3) is 13.1. The second kappa shape index (κ2) is 15.6. The number of hydrogen-bond acceptors (Lipinski definition) is 5. The van der Waals surface area contributed by atoms with Gasteiger partial charge in [0.05, 0.1) is 6.61 Å². The lowest BCUT2D eigenvalue weighted by Crippen LogP contribution is -2.17. The normalized spacial score (nSPS) is 11.7. The van der Waals surface area contributed by atoms with Crippen LogP contribution in [0.4, 0.5) is 0 Å². The summed E-state index contributed by atoms with van der Waals surface area (Å²) in [5.74, 6) is 0.159. The van der Waals surface area contributed by atoms with Crippen molar-refractivity contribution >= 4 is 14.6 Å². The molecule has 1 aromatic rings. The Morgan fingerprint density at radius 1 is 0.935 bits per heavy atom. The molecular weight excluding hydrogens is 411 g/mol. The first-order chi connectivity index (χ1) is 14.7. The maximum absolute atomic E-state index is 12.0. The molecule has 0 unspecified atom stereocenters. The summed E-state index contributed by atoms with van der Waals surface area (Å²) in [6, 6.07) is 5.39. The Labute approximate surface area is 190 Å². The third-order valence-electron chi connectivity index (χ3n) is 5.40. The lowest BCUT2D eigenvalue weighted by atomic mass is 9.85. The summed E-state index contributed by atoms with van der Waals surface area (Å²) in [4.78, 5) is 33.9. The number of aryl methyl sites for hydroxylation is 1. The highest BCUT2D eigenvalue weighted by molar-refractivity contribution is 7.36. The fraction of sp³-hybridized carbons (Fsp3) is 0.720. The van der Waals surface area contributed by atoms with Crippen molar-refractivity contribution in [1.29, 1.82) is 0 Å². The molecule has 0 aliphatic rings. The van der Waals surface area contributed by atoms with Crippen molar-refractivity contribution in [3.05, 3.63) is 29.3 Å². The maximum Gasteiger partial charge on any atom is 0.306 e. The fourth-order valence-corrected chi connectivity index (χ4v) is 3.89. The van der Waals surface area contributed by atoms with E-state index in [9.17, 15) is 14.6 Å². The molecule has 0 saturated carbocycles. The zero-order valence-electron chi connectivity index (χ0n) is 19.9. The number of benzene rings is 1. The van der Waals surface area contributed by atoms with E-state index in [-0.39, 0.29) is 11.4 Å². The first kappa shape index (κ1) is 27.9. The summed E-state index contributed by atoms with van der Waals surface area (Å²) in [5, 5.41) is 0. The van der Waals surface area contributed by atoms with Gasteiger partial charge < -0.3 is 19.0 Å². The Hall–Kier alpha value is -1.16. The third-order valence-corrected chi connectivity index (χ3v) is 5.75. The molecule has 5 nitrogen and oxygen atoms in total. The molecule has 178 valence electrons. The molecule has 6 heteroatoms. The van der Waals surface area contributed by atoms with Gasteiger partial charge in [0.25, 0.3) is 0 Å². The van der Waals surface area contributed by atoms with Crippen LogP contribution < -0.4 is 14.3 Å². The zero-order chi connectivity index (χ0) is 23.1. The fourth-order valence-electron chi connectivity index (χ4n) is 3.57. The number of carbonyl (C=O) groups excluding carboxylic acids is 1. The van der Waals surface area contributed by atoms with E-state index in [1.807, 2.05) is 26.8 Å². The van der Waals surface area contributed by atoms with Gasteiger partial charge in [-0.25, -0.2) is 0 Å². The van der Waals surface area contributed by atoms with Gasteiger partial charge in [-0.15, -0.1) is 0 Å². The smallest absolute Gasteiger partial charge is 0.306 e. The Balaban J connectivity index is 2.25. The van der Waals surface area contributed by atoms with Crippen LogP contribution in [0.2, 0.25) is 0 Å². The van der Waals surface area contributed by atoms with Crippen LogP contribution in [0.3, 0.4) is 0 Å². The molecule has 0 spiro atoms. The molecule has 31 heavy (non-hydrogen) atoms. The standard InChI is InChI=1S/C25H41O5P/c1-5-6-7-8-9-10-11-12-13-14-19-29-24(26)18-16-21-15-17-23(30-31(27)28)22(20-21)25(2,3)4/h15,17,20H,5-14,16,18-19H2,1-4H3/q-2. The molecule has 0 N–H and O–H groups in total. The molecule has 1 aromatic carbocycles. The van der Waals surface area contributed by atoms with Gasteiger partial charge in [-0.1, -0.05) is 106 Å². The summed E-state index contributed by atoms with van der Waals surface area (Å²) in [5.41, 5.74) is 1.50. The first-order valence-corrected chi connectivity index (χ1v) is 12.9. The molecule has 0 heterocycles. The summed E-state index contributed by atoms with van der Waals surface area (Å²) in [7, 11) is -2.96. The predicted molar refractivity (Wildman–Crippen MR) is 124 cm³/mol. The number of esters is 1. The molecule has 0 aliphatic heterocycles. The first-order valence-electron chi connectivity index (χ1n) is 11.9. The van der Waals surface area contributed by atoms with Gasteiger partial charge in [0.15, 0.2) is 0 Å². The minimum atomic E-state index is -2.96. The van der Waals surface area contributed by atoms with E-state index in [1.54, 1.807) is 12.1 Å². The number of rotatable bonds is 16. The summed E-state index contributed by atoms with van der Waals surface area (Å²) in [6.45, 7) is 8.73. The second-order valence-electron chi connectivity index (χ2n) is 9.30. The van der Waals surface area contributed by atoms with E-state index in [4.69, 9.17) is 9.26 Å². The average Bonchev–Trinajstić information content (AvgIpc) is 2.70. The summed E-state index contributed by atoms with van der Waals surface area (Å²) in [6.07, 6.45) is 13.4. The van der Waals surface area contributed by atoms with Crippen molar-refractivity contribution in [2.75, 3.05) is 6.61 Å². The van der Waals surface area contributed by atoms with Crippen LogP contribution in [-0.2, 0) is 21.4 Å². The highest BCUT2D eigenvalue weighted by Gasteiger charge is 2.19. The average molecular weight is 453 g/mol. The molecule has 0 saturated heterocycles. The Kier molecular flexibility index (Phi) is 14.0.